The zero-order chi connectivity index (χ0) is 31.1. The van der Waals surface area contributed by atoms with Crippen molar-refractivity contribution < 1.29 is 8.78 Å². The topological polar surface area (TPSA) is 9.86 Å². The highest BCUT2D eigenvalue weighted by Crippen LogP contribution is 2.41. The van der Waals surface area contributed by atoms with Crippen LogP contribution in [0.3, 0.4) is 0 Å². The van der Waals surface area contributed by atoms with Gasteiger partial charge in [0.15, 0.2) is 0 Å². The highest BCUT2D eigenvalue weighted by Gasteiger charge is 2.22. The largest absolute Gasteiger partial charge is 0.307 e. The number of fused-ring (bicyclic) bond motifs is 6. The molecule has 0 aliphatic rings. The summed E-state index contributed by atoms with van der Waals surface area (Å²) < 4.78 is 33.8. The molecule has 8 rings (SSSR count). The number of aromatic nitrogens is 2. The minimum absolute atomic E-state index is 0.513. The molecule has 0 N–H and O–H groups in total. The van der Waals surface area contributed by atoms with Crippen LogP contribution in [0, 0.1) is 46.3 Å². The first-order chi connectivity index (χ1) is 21.7. The lowest BCUT2D eigenvalue weighted by molar-refractivity contribution is 0.584. The van der Waals surface area contributed by atoms with Gasteiger partial charge in [-0.25, -0.2) is 8.78 Å². The number of aryl methyl sites for hydroxylation is 5. The van der Waals surface area contributed by atoms with Crippen molar-refractivity contribution in [2.75, 3.05) is 0 Å². The number of hydrogen-bond acceptors (Lipinski definition) is 0. The van der Waals surface area contributed by atoms with E-state index in [9.17, 15) is 8.78 Å². The summed E-state index contributed by atoms with van der Waals surface area (Å²) in [7, 11) is 0. The van der Waals surface area contributed by atoms with E-state index in [0.717, 1.165) is 50.6 Å². The molecule has 0 aliphatic heterocycles. The van der Waals surface area contributed by atoms with Crippen LogP contribution in [-0.4, -0.2) is 9.13 Å². The molecule has 220 valence electrons. The first-order valence-electron chi connectivity index (χ1n) is 15.3. The number of hydrogen-bond donors (Lipinski definition) is 0. The molecule has 0 radical (unpaired) electrons. The molecule has 0 atom stereocenters. The maximum atomic E-state index is 14.6. The summed E-state index contributed by atoms with van der Waals surface area (Å²) in [6.45, 7) is 10.5. The van der Waals surface area contributed by atoms with Crippen LogP contribution in [0.15, 0.2) is 103 Å². The number of nitrogens with zero attached hydrogens (tertiary/aromatic N) is 2. The normalized spacial score (nSPS) is 11.9. The van der Waals surface area contributed by atoms with Gasteiger partial charge in [0.05, 0.1) is 33.4 Å². The van der Waals surface area contributed by atoms with Crippen molar-refractivity contribution in [2.24, 2.45) is 0 Å². The highest BCUT2D eigenvalue weighted by atomic mass is 19.1. The third-order valence-corrected chi connectivity index (χ3v) is 9.13. The molecule has 0 aliphatic carbocycles. The fraction of sp³-hybridized carbons (Fsp3) is 0.122. The molecular weight excluding hydrogens is 558 g/mol. The Morgan fingerprint density at radius 3 is 1.13 bits per heavy atom. The second-order valence-electron chi connectivity index (χ2n) is 12.6. The lowest BCUT2D eigenvalue weighted by Gasteiger charge is -2.20. The summed E-state index contributed by atoms with van der Waals surface area (Å²) in [6, 6.07) is 34.4. The molecule has 4 heteroatoms. The lowest BCUT2D eigenvalue weighted by atomic mass is 9.98. The molecule has 0 bridgehead atoms. The van der Waals surface area contributed by atoms with Crippen LogP contribution >= 0.6 is 0 Å². The van der Waals surface area contributed by atoms with E-state index in [2.05, 4.69) is 122 Å². The van der Waals surface area contributed by atoms with Crippen molar-refractivity contribution in [3.8, 4) is 22.5 Å². The van der Waals surface area contributed by atoms with Gasteiger partial charge in [0, 0.05) is 27.6 Å². The van der Waals surface area contributed by atoms with Crippen molar-refractivity contribution >= 4 is 43.6 Å². The van der Waals surface area contributed by atoms with Crippen LogP contribution in [0.2, 0.25) is 0 Å². The average molecular weight is 591 g/mol. The Labute approximate surface area is 260 Å². The molecular formula is C41H32F2N2. The molecule has 0 saturated carbocycles. The molecule has 2 nitrogen and oxygen atoms in total. The van der Waals surface area contributed by atoms with E-state index in [1.54, 1.807) is 0 Å². The molecule has 8 aromatic rings. The zero-order valence-electron chi connectivity index (χ0n) is 26.0. The molecule has 0 unspecified atom stereocenters. The van der Waals surface area contributed by atoms with E-state index in [1.807, 2.05) is 6.92 Å². The minimum atomic E-state index is -0.592. The van der Waals surface area contributed by atoms with Crippen LogP contribution in [-0.2, 0) is 0 Å². The van der Waals surface area contributed by atoms with Gasteiger partial charge >= 0.3 is 0 Å². The fourth-order valence-electron chi connectivity index (χ4n) is 7.08. The summed E-state index contributed by atoms with van der Waals surface area (Å²) in [5.74, 6) is -1.18. The van der Waals surface area contributed by atoms with Gasteiger partial charge in [-0.15, -0.1) is 0 Å². The van der Waals surface area contributed by atoms with E-state index in [4.69, 9.17) is 0 Å². The number of rotatable bonds is 3. The molecule has 2 heterocycles. The van der Waals surface area contributed by atoms with Crippen molar-refractivity contribution in [2.45, 2.75) is 34.6 Å². The van der Waals surface area contributed by atoms with E-state index >= 15 is 0 Å². The quantitative estimate of drug-likeness (QED) is 0.194. The van der Waals surface area contributed by atoms with E-state index in [-0.39, 0.29) is 0 Å². The standard InChI is InChI=1S/C41H32F2N2/c1-23-6-10-36-32(14-23)33-15-24(2)7-11-37(33)44(36)40-18-27(5)31(28-19-29(42)21-30(43)20-28)22-41(40)45-38-12-8-25(3)16-34(38)35-17-26(4)9-13-39(35)45/h6-22H,1-5H3. The maximum absolute atomic E-state index is 14.6. The van der Waals surface area contributed by atoms with Gasteiger partial charge in [0.1, 0.15) is 11.6 Å². The van der Waals surface area contributed by atoms with Gasteiger partial charge in [0.25, 0.3) is 0 Å². The van der Waals surface area contributed by atoms with Gasteiger partial charge in [-0.3, -0.25) is 0 Å². The smallest absolute Gasteiger partial charge is 0.126 e. The summed E-state index contributed by atoms with van der Waals surface area (Å²) in [5, 5.41) is 4.74. The Morgan fingerprint density at radius 1 is 0.400 bits per heavy atom. The van der Waals surface area contributed by atoms with E-state index in [0.29, 0.717) is 5.56 Å². The Morgan fingerprint density at radius 2 is 0.756 bits per heavy atom. The van der Waals surface area contributed by atoms with Crippen LogP contribution in [0.4, 0.5) is 8.78 Å². The van der Waals surface area contributed by atoms with Crippen molar-refractivity contribution in [1.29, 1.82) is 0 Å². The zero-order valence-corrected chi connectivity index (χ0v) is 26.0. The highest BCUT2D eigenvalue weighted by molar-refractivity contribution is 6.12. The second-order valence-corrected chi connectivity index (χ2v) is 12.6. The summed E-state index contributed by atoms with van der Waals surface area (Å²) in [6.07, 6.45) is 0. The SMILES string of the molecule is Cc1ccc2c(c1)c1cc(C)ccc1n2-c1cc(C)c(-c2cc(F)cc(F)c2)cc1-n1c2ccc(C)cc2c2cc(C)ccc21. The molecule has 0 fully saturated rings. The van der Waals surface area contributed by atoms with Gasteiger partial charge in [-0.05, 0) is 124 Å². The van der Waals surface area contributed by atoms with Crippen LogP contribution in [0.5, 0.6) is 0 Å². The Balaban J connectivity index is 1.57. The second kappa shape index (κ2) is 9.90. The first kappa shape index (κ1) is 27.3. The van der Waals surface area contributed by atoms with Gasteiger partial charge in [-0.1, -0.05) is 46.5 Å². The fourth-order valence-corrected chi connectivity index (χ4v) is 7.08. The molecule has 2 aromatic heterocycles. The van der Waals surface area contributed by atoms with Gasteiger partial charge < -0.3 is 9.13 Å². The monoisotopic (exact) mass is 590 g/mol. The molecule has 0 saturated heterocycles. The van der Waals surface area contributed by atoms with Crippen LogP contribution < -0.4 is 0 Å². The maximum Gasteiger partial charge on any atom is 0.126 e. The Bertz CT molecular complexity index is 2370. The average Bonchev–Trinajstić information content (AvgIpc) is 3.47. The molecule has 0 amide bonds. The minimum Gasteiger partial charge on any atom is -0.307 e. The van der Waals surface area contributed by atoms with Crippen LogP contribution in [0.1, 0.15) is 27.8 Å². The first-order valence-corrected chi connectivity index (χ1v) is 15.3. The Kier molecular flexibility index (Phi) is 6.01. The van der Waals surface area contributed by atoms with E-state index in [1.165, 1.54) is 55.9 Å². The molecule has 6 aromatic carbocycles. The summed E-state index contributed by atoms with van der Waals surface area (Å²) in [4.78, 5) is 0. The van der Waals surface area contributed by atoms with E-state index < -0.39 is 11.6 Å². The van der Waals surface area contributed by atoms with Gasteiger partial charge in [0.2, 0.25) is 0 Å². The summed E-state index contributed by atoms with van der Waals surface area (Å²) >= 11 is 0. The predicted molar refractivity (Wildman–Crippen MR) is 184 cm³/mol. The molecule has 45 heavy (non-hydrogen) atoms. The van der Waals surface area contributed by atoms with Crippen molar-refractivity contribution in [1.82, 2.24) is 9.13 Å². The van der Waals surface area contributed by atoms with Crippen LogP contribution in [0.25, 0.3) is 66.1 Å². The van der Waals surface area contributed by atoms with Crippen molar-refractivity contribution in [3.63, 3.8) is 0 Å². The third kappa shape index (κ3) is 4.27. The molecule has 0 spiro atoms. The Hall–Kier alpha value is -5.22. The third-order valence-electron chi connectivity index (χ3n) is 9.13. The summed E-state index contributed by atoms with van der Waals surface area (Å²) in [5.41, 5.74) is 13.3. The predicted octanol–water partition coefficient (Wildman–Crippen LogP) is 11.4. The lowest BCUT2D eigenvalue weighted by Crippen LogP contribution is -2.05. The number of halogens is 2. The number of benzene rings is 6. The van der Waals surface area contributed by atoms with Gasteiger partial charge in [-0.2, -0.15) is 0 Å². The van der Waals surface area contributed by atoms with Crippen molar-refractivity contribution in [3.05, 3.63) is 143 Å².